The molecule has 1 aliphatic heterocycles. The molecule has 41 heavy (non-hydrogen) atoms. The molecule has 1 aliphatic rings. The molecule has 0 N–H and O–H groups in total. The summed E-state index contributed by atoms with van der Waals surface area (Å²) < 4.78 is 73.7. The molecule has 0 bridgehead atoms. The van der Waals surface area contributed by atoms with Crippen molar-refractivity contribution in [2.75, 3.05) is 19.8 Å². The van der Waals surface area contributed by atoms with Gasteiger partial charge in [-0.1, -0.05) is 71.9 Å². The van der Waals surface area contributed by atoms with Crippen molar-refractivity contribution in [3.05, 3.63) is 64.7 Å². The Kier molecular flexibility index (Phi) is 10.1. The number of rotatable bonds is 11. The van der Waals surface area contributed by atoms with Crippen LogP contribution in [0.15, 0.2) is 47.5 Å². The van der Waals surface area contributed by atoms with E-state index in [1.54, 1.807) is 13.0 Å². The Labute approximate surface area is 243 Å². The molecule has 0 fully saturated rings. The lowest BCUT2D eigenvalue weighted by molar-refractivity contribution is -0.139. The van der Waals surface area contributed by atoms with Crippen molar-refractivity contribution in [1.82, 2.24) is 0 Å². The van der Waals surface area contributed by atoms with E-state index < -0.39 is 35.0 Å². The number of ether oxygens (including phenoxy) is 2. The van der Waals surface area contributed by atoms with Gasteiger partial charge in [0.05, 0.1) is 18.8 Å². The first-order valence-electron chi connectivity index (χ1n) is 14.2. The maximum Gasteiger partial charge on any atom is 0.419 e. The SMILES string of the molecule is CC1=NC(CCc2ccc(OCCCc3ccccc3C)c(C(F)(F)F)c2)(COP(=O)(C(C)(C)C)C(C)(C)C)CO1. The molecule has 0 saturated carbocycles. The number of aryl methyl sites for hydroxylation is 3. The number of aliphatic imine (C=N–C) groups is 1. The maximum absolute atomic E-state index is 14.1. The average molecular weight is 596 g/mol. The van der Waals surface area contributed by atoms with Gasteiger partial charge in [-0.25, -0.2) is 4.99 Å². The fraction of sp³-hybridized carbons (Fsp3) is 0.594. The first-order valence-corrected chi connectivity index (χ1v) is 15.8. The van der Waals surface area contributed by atoms with Crippen LogP contribution >= 0.6 is 7.37 Å². The van der Waals surface area contributed by atoms with E-state index in [1.165, 1.54) is 6.07 Å². The minimum Gasteiger partial charge on any atom is -0.493 e. The molecule has 1 heterocycles. The highest BCUT2D eigenvalue weighted by Crippen LogP contribution is 2.67. The highest BCUT2D eigenvalue weighted by molar-refractivity contribution is 7.62. The summed E-state index contributed by atoms with van der Waals surface area (Å²) in [6, 6.07) is 12.2. The molecular weight excluding hydrogens is 550 g/mol. The van der Waals surface area contributed by atoms with Crippen LogP contribution in [0.2, 0.25) is 0 Å². The van der Waals surface area contributed by atoms with Crippen LogP contribution < -0.4 is 4.74 Å². The van der Waals surface area contributed by atoms with Crippen molar-refractivity contribution in [2.24, 2.45) is 4.99 Å². The molecule has 2 aromatic carbocycles. The van der Waals surface area contributed by atoms with E-state index in [2.05, 4.69) is 4.99 Å². The standard InChI is InChI=1S/C32H45F3NO4P/c1-23-12-9-10-13-26(23)14-11-19-38-28-16-15-25(20-27(28)32(33,34)35)17-18-31(21-39-24(2)36-31)22-40-41(37,29(3,4)5)30(6,7)8/h9-10,12-13,15-16,20H,11,14,17-19,21-22H2,1-8H3. The number of hydrogen-bond donors (Lipinski definition) is 0. The minimum absolute atomic E-state index is 0.0599. The fourth-order valence-electron chi connectivity index (χ4n) is 5.31. The summed E-state index contributed by atoms with van der Waals surface area (Å²) in [5.74, 6) is 0.318. The van der Waals surface area contributed by atoms with Gasteiger partial charge >= 0.3 is 6.18 Å². The normalized spacial score (nSPS) is 18.3. The zero-order valence-corrected chi connectivity index (χ0v) is 26.5. The molecular formula is C32H45F3NO4P. The van der Waals surface area contributed by atoms with Crippen LogP contribution in [-0.4, -0.2) is 41.6 Å². The Morgan fingerprint density at radius 2 is 1.63 bits per heavy atom. The molecule has 1 atom stereocenters. The van der Waals surface area contributed by atoms with Crippen molar-refractivity contribution in [1.29, 1.82) is 0 Å². The minimum atomic E-state index is -4.56. The van der Waals surface area contributed by atoms with Crippen molar-refractivity contribution >= 4 is 13.3 Å². The summed E-state index contributed by atoms with van der Waals surface area (Å²) in [5.41, 5.74) is 1.21. The second-order valence-electron chi connectivity index (χ2n) is 13.0. The van der Waals surface area contributed by atoms with Crippen molar-refractivity contribution in [3.63, 3.8) is 0 Å². The predicted molar refractivity (Wildman–Crippen MR) is 160 cm³/mol. The van der Waals surface area contributed by atoms with Crippen LogP contribution in [-0.2, 0) is 32.8 Å². The first-order chi connectivity index (χ1) is 18.9. The summed E-state index contributed by atoms with van der Waals surface area (Å²) in [7, 11) is -3.16. The Bertz CT molecular complexity index is 1260. The third kappa shape index (κ3) is 8.16. The molecule has 0 saturated heterocycles. The highest BCUT2D eigenvalue weighted by atomic mass is 31.2. The average Bonchev–Trinajstić information content (AvgIpc) is 3.24. The maximum atomic E-state index is 14.1. The van der Waals surface area contributed by atoms with E-state index in [0.717, 1.165) is 23.6 Å². The first kappa shape index (κ1) is 33.2. The van der Waals surface area contributed by atoms with E-state index in [-0.39, 0.29) is 25.6 Å². The molecule has 0 radical (unpaired) electrons. The van der Waals surface area contributed by atoms with Crippen LogP contribution in [0.3, 0.4) is 0 Å². The molecule has 228 valence electrons. The van der Waals surface area contributed by atoms with Crippen molar-refractivity contribution in [3.8, 4) is 5.75 Å². The Balaban J connectivity index is 1.73. The lowest BCUT2D eigenvalue weighted by atomic mass is 9.93. The van der Waals surface area contributed by atoms with Crippen LogP contribution in [0.25, 0.3) is 0 Å². The smallest absolute Gasteiger partial charge is 0.419 e. The Hall–Kier alpha value is -2.31. The number of benzene rings is 2. The van der Waals surface area contributed by atoms with E-state index in [9.17, 15) is 17.7 Å². The van der Waals surface area contributed by atoms with Crippen LogP contribution in [0.5, 0.6) is 5.75 Å². The molecule has 2 aromatic rings. The summed E-state index contributed by atoms with van der Waals surface area (Å²) in [4.78, 5) is 4.67. The van der Waals surface area contributed by atoms with Gasteiger partial charge in [0.25, 0.3) is 0 Å². The molecule has 5 nitrogen and oxygen atoms in total. The van der Waals surface area contributed by atoms with Gasteiger partial charge < -0.3 is 14.0 Å². The zero-order chi connectivity index (χ0) is 30.7. The quantitative estimate of drug-likeness (QED) is 0.192. The lowest BCUT2D eigenvalue weighted by Crippen LogP contribution is -2.38. The van der Waals surface area contributed by atoms with Gasteiger partial charge in [-0.3, -0.25) is 4.57 Å². The van der Waals surface area contributed by atoms with Crippen molar-refractivity contribution in [2.45, 2.75) is 103 Å². The van der Waals surface area contributed by atoms with Gasteiger partial charge in [-0.05, 0) is 61.4 Å². The largest absolute Gasteiger partial charge is 0.493 e. The molecule has 0 amide bonds. The van der Waals surface area contributed by atoms with Gasteiger partial charge in [0.15, 0.2) is 5.90 Å². The van der Waals surface area contributed by atoms with E-state index in [0.29, 0.717) is 30.7 Å². The summed E-state index contributed by atoms with van der Waals surface area (Å²) in [5, 5.41) is -1.19. The molecule has 1 unspecified atom stereocenters. The van der Waals surface area contributed by atoms with Crippen LogP contribution in [0, 0.1) is 6.92 Å². The van der Waals surface area contributed by atoms with Gasteiger partial charge in [0.2, 0.25) is 7.37 Å². The van der Waals surface area contributed by atoms with E-state index >= 15 is 0 Å². The van der Waals surface area contributed by atoms with Crippen molar-refractivity contribution < 1.29 is 31.7 Å². The molecule has 3 rings (SSSR count). The zero-order valence-electron chi connectivity index (χ0n) is 25.7. The molecule has 9 heteroatoms. The van der Waals surface area contributed by atoms with Gasteiger partial charge in [0, 0.05) is 17.2 Å². The summed E-state index contributed by atoms with van der Waals surface area (Å²) in [6.07, 6.45) is -2.52. The lowest BCUT2D eigenvalue weighted by Gasteiger charge is -2.41. The summed E-state index contributed by atoms with van der Waals surface area (Å²) in [6.45, 7) is 15.6. The van der Waals surface area contributed by atoms with Crippen LogP contribution in [0.4, 0.5) is 13.2 Å². The monoisotopic (exact) mass is 595 g/mol. The fourth-order valence-corrected chi connectivity index (χ4v) is 8.52. The van der Waals surface area contributed by atoms with Gasteiger partial charge in [-0.15, -0.1) is 0 Å². The number of alkyl halides is 3. The second kappa shape index (κ2) is 12.5. The Morgan fingerprint density at radius 3 is 2.20 bits per heavy atom. The topological polar surface area (TPSA) is 57.1 Å². The molecule has 0 spiro atoms. The predicted octanol–water partition coefficient (Wildman–Crippen LogP) is 9.04. The van der Waals surface area contributed by atoms with Crippen LogP contribution in [0.1, 0.15) is 83.6 Å². The highest BCUT2D eigenvalue weighted by Gasteiger charge is 2.50. The Morgan fingerprint density at radius 1 is 0.976 bits per heavy atom. The van der Waals surface area contributed by atoms with E-state index in [4.69, 9.17) is 14.0 Å². The third-order valence-electron chi connectivity index (χ3n) is 7.56. The van der Waals surface area contributed by atoms with E-state index in [1.807, 2.05) is 72.7 Å². The third-order valence-corrected chi connectivity index (χ3v) is 11.6. The second-order valence-corrected chi connectivity index (χ2v) is 17.1. The number of hydrogen-bond acceptors (Lipinski definition) is 5. The molecule has 0 aliphatic carbocycles. The van der Waals surface area contributed by atoms with Gasteiger partial charge in [0.1, 0.15) is 17.9 Å². The molecule has 0 aromatic heterocycles. The van der Waals surface area contributed by atoms with Gasteiger partial charge in [-0.2, -0.15) is 13.2 Å². The summed E-state index contributed by atoms with van der Waals surface area (Å²) >= 11 is 0. The number of halogens is 3. The number of nitrogens with zero attached hydrogens (tertiary/aromatic N) is 1.